The summed E-state index contributed by atoms with van der Waals surface area (Å²) in [6.45, 7) is 3.69. The van der Waals surface area contributed by atoms with Crippen LogP contribution in [0.1, 0.15) is 27.7 Å². The van der Waals surface area contributed by atoms with Crippen molar-refractivity contribution in [1.82, 2.24) is 4.98 Å². The highest BCUT2D eigenvalue weighted by Gasteiger charge is 2.48. The third kappa shape index (κ3) is 3.84. The zero-order chi connectivity index (χ0) is 23.9. The molecule has 1 saturated heterocycles. The van der Waals surface area contributed by atoms with Gasteiger partial charge in [0.1, 0.15) is 11.6 Å². The fourth-order valence-electron chi connectivity index (χ4n) is 3.69. The van der Waals surface area contributed by atoms with E-state index in [4.69, 9.17) is 9.47 Å². The number of carbonyl (C=O) groups excluding carboxylic acids is 2. The molecular weight excluding hydrogens is 447 g/mol. The number of anilines is 1. The van der Waals surface area contributed by atoms with Crippen LogP contribution in [0.5, 0.6) is 11.5 Å². The molecular formula is C24H21FN2O5S. The normalized spacial score (nSPS) is 17.5. The first kappa shape index (κ1) is 22.5. The minimum atomic E-state index is -0.972. The van der Waals surface area contributed by atoms with Crippen molar-refractivity contribution in [2.24, 2.45) is 0 Å². The molecule has 1 aliphatic heterocycles. The van der Waals surface area contributed by atoms with Gasteiger partial charge in [0.2, 0.25) is 0 Å². The molecule has 0 spiro atoms. The molecule has 7 nitrogen and oxygen atoms in total. The summed E-state index contributed by atoms with van der Waals surface area (Å²) in [4.78, 5) is 33.0. The lowest BCUT2D eigenvalue weighted by Gasteiger charge is -2.23. The molecule has 1 N–H and O–H groups in total. The fourth-order valence-corrected chi connectivity index (χ4v) is 4.63. The summed E-state index contributed by atoms with van der Waals surface area (Å²) in [5.41, 5.74) is 1.35. The highest BCUT2D eigenvalue weighted by molar-refractivity contribution is 7.16. The number of aromatic nitrogens is 1. The molecule has 9 heteroatoms. The number of halogens is 1. The smallest absolute Gasteiger partial charge is 0.301 e. The van der Waals surface area contributed by atoms with Crippen molar-refractivity contribution in [1.29, 1.82) is 0 Å². The summed E-state index contributed by atoms with van der Waals surface area (Å²) >= 11 is 1.28. The Kier molecular flexibility index (Phi) is 5.90. The third-order valence-electron chi connectivity index (χ3n) is 5.51. The number of aliphatic hydroxyl groups excluding tert-OH is 1. The van der Waals surface area contributed by atoms with Crippen LogP contribution in [-0.2, 0) is 9.59 Å². The van der Waals surface area contributed by atoms with Crippen LogP contribution in [0.3, 0.4) is 0 Å². The zero-order valence-electron chi connectivity index (χ0n) is 18.4. The molecule has 2 aromatic carbocycles. The number of aliphatic hydroxyl groups is 1. The van der Waals surface area contributed by atoms with Gasteiger partial charge < -0.3 is 14.6 Å². The third-order valence-corrected chi connectivity index (χ3v) is 6.58. The Hall–Kier alpha value is -3.72. The van der Waals surface area contributed by atoms with E-state index in [-0.39, 0.29) is 11.1 Å². The minimum absolute atomic E-state index is 0.121. The molecule has 0 radical (unpaired) electrons. The lowest BCUT2D eigenvalue weighted by Crippen LogP contribution is -2.29. The van der Waals surface area contributed by atoms with Crippen molar-refractivity contribution < 1.29 is 28.6 Å². The molecule has 1 fully saturated rings. The van der Waals surface area contributed by atoms with E-state index < -0.39 is 29.3 Å². The van der Waals surface area contributed by atoms with E-state index in [9.17, 15) is 19.1 Å². The topological polar surface area (TPSA) is 89.0 Å². The molecule has 1 atom stereocenters. The van der Waals surface area contributed by atoms with Crippen molar-refractivity contribution in [2.45, 2.75) is 19.9 Å². The van der Waals surface area contributed by atoms with Crippen molar-refractivity contribution >= 4 is 33.9 Å². The van der Waals surface area contributed by atoms with Gasteiger partial charge in [-0.2, -0.15) is 0 Å². The molecule has 1 aromatic heterocycles. The first-order valence-electron chi connectivity index (χ1n) is 9.99. The van der Waals surface area contributed by atoms with Crippen LogP contribution in [0.25, 0.3) is 5.76 Å². The van der Waals surface area contributed by atoms with E-state index in [2.05, 4.69) is 4.98 Å². The average Bonchev–Trinajstić information content (AvgIpc) is 3.28. The van der Waals surface area contributed by atoms with Crippen molar-refractivity contribution in [3.63, 3.8) is 0 Å². The number of amides is 1. The van der Waals surface area contributed by atoms with Gasteiger partial charge >= 0.3 is 5.91 Å². The SMILES string of the molecule is COc1ccc([C@@H]2C(=C(O)c3ccc(F)cc3)C(=O)C(=O)N2c2nc(C)c(C)s2)cc1OC. The van der Waals surface area contributed by atoms with Gasteiger partial charge in [-0.25, -0.2) is 9.37 Å². The van der Waals surface area contributed by atoms with Crippen LogP contribution >= 0.6 is 11.3 Å². The molecule has 2 heterocycles. The number of hydrogen-bond donors (Lipinski definition) is 1. The van der Waals surface area contributed by atoms with Gasteiger partial charge in [0.05, 0.1) is 31.5 Å². The summed E-state index contributed by atoms with van der Waals surface area (Å²) in [7, 11) is 2.98. The number of methoxy groups -OCH3 is 2. The summed E-state index contributed by atoms with van der Waals surface area (Å²) in [6, 6.07) is 9.06. The predicted molar refractivity (Wildman–Crippen MR) is 122 cm³/mol. The maximum Gasteiger partial charge on any atom is 0.301 e. The van der Waals surface area contributed by atoms with E-state index in [0.717, 1.165) is 10.6 Å². The molecule has 0 saturated carbocycles. The lowest BCUT2D eigenvalue weighted by molar-refractivity contribution is -0.132. The number of carbonyl (C=O) groups is 2. The minimum Gasteiger partial charge on any atom is -0.507 e. The highest BCUT2D eigenvalue weighted by atomic mass is 32.1. The van der Waals surface area contributed by atoms with Crippen LogP contribution in [0.2, 0.25) is 0 Å². The number of hydrogen-bond acceptors (Lipinski definition) is 7. The van der Waals surface area contributed by atoms with Gasteiger partial charge in [-0.3, -0.25) is 14.5 Å². The number of benzene rings is 2. The molecule has 1 amide bonds. The number of nitrogens with zero attached hydrogens (tertiary/aromatic N) is 2. The Balaban J connectivity index is 1.97. The van der Waals surface area contributed by atoms with Crippen molar-refractivity contribution in [3.05, 3.63) is 75.6 Å². The monoisotopic (exact) mass is 468 g/mol. The van der Waals surface area contributed by atoms with Crippen LogP contribution in [-0.4, -0.2) is 36.0 Å². The van der Waals surface area contributed by atoms with Gasteiger partial charge in [0.25, 0.3) is 5.78 Å². The van der Waals surface area contributed by atoms with Crippen molar-refractivity contribution in [3.8, 4) is 11.5 Å². The van der Waals surface area contributed by atoms with Crippen molar-refractivity contribution in [2.75, 3.05) is 19.1 Å². The molecule has 0 bridgehead atoms. The Bertz CT molecular complexity index is 1260. The second-order valence-electron chi connectivity index (χ2n) is 7.43. The maximum absolute atomic E-state index is 13.4. The summed E-state index contributed by atoms with van der Waals surface area (Å²) in [5, 5.41) is 11.4. The molecule has 0 aliphatic carbocycles. The number of rotatable bonds is 5. The fraction of sp³-hybridized carbons (Fsp3) is 0.208. The Morgan fingerprint density at radius 3 is 2.30 bits per heavy atom. The average molecular weight is 469 g/mol. The lowest BCUT2D eigenvalue weighted by atomic mass is 9.95. The molecule has 4 rings (SSSR count). The van der Waals surface area contributed by atoms with E-state index in [1.807, 2.05) is 13.8 Å². The number of ketones is 1. The standard InChI is InChI=1S/C24H21FN2O5S/c1-12-13(2)33-24(26-12)27-20(15-7-10-17(31-3)18(11-15)32-4)19(22(29)23(27)30)21(28)14-5-8-16(25)9-6-14/h5-11,20,28H,1-4H3/t20-/m1/s1. The molecule has 33 heavy (non-hydrogen) atoms. The Labute approximate surface area is 193 Å². The summed E-state index contributed by atoms with van der Waals surface area (Å²) < 4.78 is 24.1. The van der Waals surface area contributed by atoms with Crippen LogP contribution in [0.4, 0.5) is 9.52 Å². The second-order valence-corrected chi connectivity index (χ2v) is 8.61. The predicted octanol–water partition coefficient (Wildman–Crippen LogP) is 4.54. The number of Topliss-reactive ketones (excluding diaryl/α,β-unsaturated/α-hetero) is 1. The first-order valence-corrected chi connectivity index (χ1v) is 10.8. The number of aryl methyl sites for hydroxylation is 2. The number of thiazole rings is 1. The quantitative estimate of drug-likeness (QED) is 0.336. The largest absolute Gasteiger partial charge is 0.507 e. The first-order chi connectivity index (χ1) is 15.8. The Morgan fingerprint density at radius 2 is 1.73 bits per heavy atom. The van der Waals surface area contributed by atoms with Crippen LogP contribution in [0, 0.1) is 19.7 Å². The number of ether oxygens (including phenoxy) is 2. The zero-order valence-corrected chi connectivity index (χ0v) is 19.2. The summed E-state index contributed by atoms with van der Waals surface area (Å²) in [6.07, 6.45) is 0. The molecule has 1 aliphatic rings. The Morgan fingerprint density at radius 1 is 1.06 bits per heavy atom. The van der Waals surface area contributed by atoms with Gasteiger partial charge in [-0.15, -0.1) is 11.3 Å². The van der Waals surface area contributed by atoms with Crippen LogP contribution < -0.4 is 14.4 Å². The van der Waals surface area contributed by atoms with E-state index in [1.165, 1.54) is 54.7 Å². The van der Waals surface area contributed by atoms with Gasteiger partial charge in [-0.05, 0) is 55.8 Å². The second kappa shape index (κ2) is 8.67. The van der Waals surface area contributed by atoms with Gasteiger partial charge in [0.15, 0.2) is 16.6 Å². The summed E-state index contributed by atoms with van der Waals surface area (Å²) in [5.74, 6) is -1.70. The van der Waals surface area contributed by atoms with E-state index >= 15 is 0 Å². The highest BCUT2D eigenvalue weighted by Crippen LogP contribution is 2.45. The molecule has 3 aromatic rings. The maximum atomic E-state index is 13.4. The van der Waals surface area contributed by atoms with Gasteiger partial charge in [-0.1, -0.05) is 6.07 Å². The van der Waals surface area contributed by atoms with Gasteiger partial charge in [0, 0.05) is 10.4 Å². The molecule has 170 valence electrons. The molecule has 0 unspecified atom stereocenters. The van der Waals surface area contributed by atoms with E-state index in [0.29, 0.717) is 22.2 Å². The van der Waals surface area contributed by atoms with E-state index in [1.54, 1.807) is 18.2 Å². The van der Waals surface area contributed by atoms with Crippen LogP contribution in [0.15, 0.2) is 48.0 Å².